The van der Waals surface area contributed by atoms with E-state index >= 15 is 0 Å². The summed E-state index contributed by atoms with van der Waals surface area (Å²) in [4.78, 5) is 0. The summed E-state index contributed by atoms with van der Waals surface area (Å²) in [6.45, 7) is 11.0. The molecule has 0 fully saturated rings. The Kier molecular flexibility index (Phi) is 6.07. The fraction of sp³-hybridized carbons (Fsp3) is 0.667. The number of aliphatic hydroxyl groups is 1. The molecule has 0 amide bonds. The zero-order valence-electron chi connectivity index (χ0n) is 13.9. The minimum Gasteiger partial charge on any atom is -0.496 e. The second kappa shape index (κ2) is 7.12. The molecule has 0 aliphatic heterocycles. The SMILES string of the molecule is COc1ccc(C)cc1CC(O)CC(C)CC(C)(C)C. The van der Waals surface area contributed by atoms with Gasteiger partial charge in [-0.2, -0.15) is 0 Å². The van der Waals surface area contributed by atoms with Crippen LogP contribution in [0, 0.1) is 18.3 Å². The third kappa shape index (κ3) is 5.96. The van der Waals surface area contributed by atoms with Gasteiger partial charge in [-0.25, -0.2) is 0 Å². The van der Waals surface area contributed by atoms with Crippen LogP contribution in [-0.4, -0.2) is 18.3 Å². The zero-order valence-corrected chi connectivity index (χ0v) is 13.9. The minimum absolute atomic E-state index is 0.303. The molecule has 0 heterocycles. The molecule has 0 spiro atoms. The average Bonchev–Trinajstić information content (AvgIpc) is 2.26. The summed E-state index contributed by atoms with van der Waals surface area (Å²) in [6, 6.07) is 6.13. The fourth-order valence-corrected chi connectivity index (χ4v) is 3.00. The van der Waals surface area contributed by atoms with Crippen molar-refractivity contribution in [3.63, 3.8) is 0 Å². The first-order chi connectivity index (χ1) is 9.21. The number of hydrogen-bond acceptors (Lipinski definition) is 2. The highest BCUT2D eigenvalue weighted by Crippen LogP contribution is 2.28. The molecule has 1 N–H and O–H groups in total. The lowest BCUT2D eigenvalue weighted by molar-refractivity contribution is 0.132. The van der Waals surface area contributed by atoms with Crippen molar-refractivity contribution in [2.45, 2.75) is 60.0 Å². The van der Waals surface area contributed by atoms with Crippen LogP contribution in [-0.2, 0) is 6.42 Å². The van der Waals surface area contributed by atoms with Crippen LogP contribution in [0.15, 0.2) is 18.2 Å². The molecule has 2 heteroatoms. The van der Waals surface area contributed by atoms with Gasteiger partial charge in [0.1, 0.15) is 5.75 Å². The Morgan fingerprint density at radius 1 is 1.25 bits per heavy atom. The second-order valence-electron chi connectivity index (χ2n) is 7.28. The number of aryl methyl sites for hydroxylation is 1. The zero-order chi connectivity index (χ0) is 15.3. The van der Waals surface area contributed by atoms with Gasteiger partial charge in [-0.3, -0.25) is 0 Å². The Morgan fingerprint density at radius 3 is 2.45 bits per heavy atom. The lowest BCUT2D eigenvalue weighted by Crippen LogP contribution is -2.19. The van der Waals surface area contributed by atoms with Crippen molar-refractivity contribution in [3.05, 3.63) is 29.3 Å². The average molecular weight is 278 g/mol. The predicted molar refractivity (Wildman–Crippen MR) is 85.3 cm³/mol. The summed E-state index contributed by atoms with van der Waals surface area (Å²) < 4.78 is 5.38. The van der Waals surface area contributed by atoms with Crippen molar-refractivity contribution >= 4 is 0 Å². The Labute approximate surface area is 124 Å². The van der Waals surface area contributed by atoms with Gasteiger partial charge >= 0.3 is 0 Å². The van der Waals surface area contributed by atoms with Gasteiger partial charge in [0.2, 0.25) is 0 Å². The van der Waals surface area contributed by atoms with E-state index in [1.54, 1.807) is 7.11 Å². The monoisotopic (exact) mass is 278 g/mol. The van der Waals surface area contributed by atoms with Crippen LogP contribution in [0.2, 0.25) is 0 Å². The topological polar surface area (TPSA) is 29.5 Å². The van der Waals surface area contributed by atoms with Gasteiger partial charge in [0.05, 0.1) is 13.2 Å². The fourth-order valence-electron chi connectivity index (χ4n) is 3.00. The van der Waals surface area contributed by atoms with Crippen molar-refractivity contribution in [2.24, 2.45) is 11.3 Å². The molecule has 2 nitrogen and oxygen atoms in total. The lowest BCUT2D eigenvalue weighted by atomic mass is 9.82. The maximum atomic E-state index is 10.3. The van der Waals surface area contributed by atoms with E-state index in [4.69, 9.17) is 4.74 Å². The normalized spacial score (nSPS) is 14.9. The van der Waals surface area contributed by atoms with Crippen LogP contribution in [0.4, 0.5) is 0 Å². The van der Waals surface area contributed by atoms with Gasteiger partial charge in [0.25, 0.3) is 0 Å². The summed E-state index contributed by atoms with van der Waals surface area (Å²) in [5, 5.41) is 10.3. The number of rotatable bonds is 6. The van der Waals surface area contributed by atoms with Crippen LogP contribution in [0.25, 0.3) is 0 Å². The highest BCUT2D eigenvalue weighted by atomic mass is 16.5. The summed E-state index contributed by atoms with van der Waals surface area (Å²) >= 11 is 0. The smallest absolute Gasteiger partial charge is 0.122 e. The molecule has 2 atom stereocenters. The van der Waals surface area contributed by atoms with Crippen LogP contribution in [0.5, 0.6) is 5.75 Å². The maximum absolute atomic E-state index is 10.3. The third-order valence-corrected chi connectivity index (χ3v) is 3.53. The first-order valence-electron chi connectivity index (χ1n) is 7.53. The predicted octanol–water partition coefficient (Wildman–Crippen LogP) is 4.37. The molecule has 114 valence electrons. The quantitative estimate of drug-likeness (QED) is 0.837. The van der Waals surface area contributed by atoms with E-state index in [0.717, 1.165) is 24.2 Å². The van der Waals surface area contributed by atoms with Crippen LogP contribution in [0.1, 0.15) is 51.7 Å². The first kappa shape index (κ1) is 17.0. The molecule has 0 saturated heterocycles. The summed E-state index contributed by atoms with van der Waals surface area (Å²) in [5.41, 5.74) is 2.62. The molecule has 20 heavy (non-hydrogen) atoms. The molecule has 0 bridgehead atoms. The van der Waals surface area contributed by atoms with Crippen molar-refractivity contribution in [1.82, 2.24) is 0 Å². The van der Waals surface area contributed by atoms with Crippen LogP contribution in [0.3, 0.4) is 0 Å². The molecule has 0 radical (unpaired) electrons. The molecule has 1 aromatic rings. The minimum atomic E-state index is -0.303. The van der Waals surface area contributed by atoms with Gasteiger partial charge in [-0.15, -0.1) is 0 Å². The molecule has 1 aromatic carbocycles. The number of methoxy groups -OCH3 is 1. The Bertz CT molecular complexity index is 418. The Hall–Kier alpha value is -1.02. The summed E-state index contributed by atoms with van der Waals surface area (Å²) in [6.07, 6.45) is 2.34. The van der Waals surface area contributed by atoms with Crippen molar-refractivity contribution in [1.29, 1.82) is 0 Å². The van der Waals surface area contributed by atoms with Gasteiger partial charge in [-0.1, -0.05) is 45.4 Å². The van der Waals surface area contributed by atoms with E-state index in [0.29, 0.717) is 17.8 Å². The number of aliphatic hydroxyl groups excluding tert-OH is 1. The van der Waals surface area contributed by atoms with Crippen LogP contribution < -0.4 is 4.74 Å². The first-order valence-corrected chi connectivity index (χ1v) is 7.53. The third-order valence-electron chi connectivity index (χ3n) is 3.53. The van der Waals surface area contributed by atoms with E-state index in [2.05, 4.69) is 40.7 Å². The molecule has 2 unspecified atom stereocenters. The van der Waals surface area contributed by atoms with Crippen molar-refractivity contribution in [3.8, 4) is 5.75 Å². The Morgan fingerprint density at radius 2 is 1.90 bits per heavy atom. The van der Waals surface area contributed by atoms with Gasteiger partial charge in [-0.05, 0) is 42.7 Å². The largest absolute Gasteiger partial charge is 0.496 e. The van der Waals surface area contributed by atoms with E-state index in [-0.39, 0.29) is 6.10 Å². The Balaban J connectivity index is 2.62. The van der Waals surface area contributed by atoms with E-state index in [1.165, 1.54) is 5.56 Å². The molecular weight excluding hydrogens is 248 g/mol. The maximum Gasteiger partial charge on any atom is 0.122 e. The van der Waals surface area contributed by atoms with Gasteiger partial charge < -0.3 is 9.84 Å². The highest BCUT2D eigenvalue weighted by molar-refractivity contribution is 5.37. The molecule has 1 rings (SSSR count). The van der Waals surface area contributed by atoms with E-state index in [9.17, 15) is 5.11 Å². The molecule has 0 aromatic heterocycles. The summed E-state index contributed by atoms with van der Waals surface area (Å²) in [5.74, 6) is 1.40. The molecular formula is C18H30O2. The summed E-state index contributed by atoms with van der Waals surface area (Å²) in [7, 11) is 1.68. The number of ether oxygens (including phenoxy) is 1. The van der Waals surface area contributed by atoms with Gasteiger partial charge in [0, 0.05) is 6.42 Å². The van der Waals surface area contributed by atoms with Gasteiger partial charge in [0.15, 0.2) is 0 Å². The van der Waals surface area contributed by atoms with Crippen LogP contribution >= 0.6 is 0 Å². The lowest BCUT2D eigenvalue weighted by Gasteiger charge is -2.25. The number of benzene rings is 1. The molecule has 0 aliphatic rings. The van der Waals surface area contributed by atoms with Crippen molar-refractivity contribution in [2.75, 3.05) is 7.11 Å². The number of hydrogen-bond donors (Lipinski definition) is 1. The van der Waals surface area contributed by atoms with E-state index in [1.807, 2.05) is 12.1 Å². The van der Waals surface area contributed by atoms with E-state index < -0.39 is 0 Å². The second-order valence-corrected chi connectivity index (χ2v) is 7.28. The van der Waals surface area contributed by atoms with Crippen molar-refractivity contribution < 1.29 is 9.84 Å². The highest BCUT2D eigenvalue weighted by Gasteiger charge is 2.19. The standard InChI is InChI=1S/C18H30O2/c1-13-7-8-17(20-6)15(9-13)11-16(19)10-14(2)12-18(3,4)5/h7-9,14,16,19H,10-12H2,1-6H3. The molecule has 0 saturated carbocycles. The molecule has 0 aliphatic carbocycles.